The molecule has 0 aliphatic heterocycles. The first-order valence-electron chi connectivity index (χ1n) is 23.3. The van der Waals surface area contributed by atoms with Crippen molar-refractivity contribution in [2.24, 2.45) is 0 Å². The Morgan fingerprint density at radius 3 is 1.25 bits per heavy atom. The zero-order valence-corrected chi connectivity index (χ0v) is 37.2. The number of hydrogen-bond donors (Lipinski definition) is 0. The zero-order valence-electron chi connectivity index (χ0n) is 37.2. The van der Waals surface area contributed by atoms with Crippen LogP contribution in [0.5, 0.6) is 0 Å². The standard InChI is InChI=1S/C64H44N2O/c1-63(2)55-25-13-9-21-47(55)50-33-29-44(38-58(50)63)66(43-32-36-62-54(37-43)53-24-12-16-28-61(53)67-62)46-31-35-52-49-23-11-15-27-57(49)64(60(52)40-46)56-26-14-10-22-48(56)51-34-30-45(39-59(51)64)65(41-17-5-3-6-18-41)42-19-7-4-8-20-42/h3-40H,1-2H3. The molecule has 0 fully saturated rings. The number of fused-ring (bicyclic) bond motifs is 16. The van der Waals surface area contributed by atoms with E-state index in [-0.39, 0.29) is 5.41 Å². The maximum atomic E-state index is 6.41. The third-order valence-corrected chi connectivity index (χ3v) is 15.0. The SMILES string of the molecule is CC1(C)c2ccccc2-c2ccc(N(c3ccc4c(c3)C3(c5ccccc5-c5ccc(N(c6ccccc6)c6ccccc6)cc53)c3ccccc3-4)c3ccc4oc5ccccc5c4c3)cc21. The maximum absolute atomic E-state index is 6.41. The van der Waals surface area contributed by atoms with Gasteiger partial charge in [0, 0.05) is 50.3 Å². The quantitative estimate of drug-likeness (QED) is 0.166. The van der Waals surface area contributed by atoms with Crippen LogP contribution in [0.15, 0.2) is 235 Å². The lowest BCUT2D eigenvalue weighted by Gasteiger charge is -2.33. The Morgan fingerprint density at radius 2 is 0.672 bits per heavy atom. The van der Waals surface area contributed by atoms with Gasteiger partial charge in [-0.15, -0.1) is 0 Å². The largest absolute Gasteiger partial charge is 0.456 e. The molecule has 3 aliphatic rings. The van der Waals surface area contributed by atoms with Crippen molar-refractivity contribution in [3.05, 3.63) is 264 Å². The molecule has 67 heavy (non-hydrogen) atoms. The topological polar surface area (TPSA) is 19.6 Å². The van der Waals surface area contributed by atoms with E-state index in [0.29, 0.717) is 0 Å². The number of furan rings is 1. The monoisotopic (exact) mass is 856 g/mol. The highest BCUT2D eigenvalue weighted by Crippen LogP contribution is 2.64. The molecular formula is C64H44N2O. The third kappa shape index (κ3) is 5.28. The molecule has 0 radical (unpaired) electrons. The Bertz CT molecular complexity index is 3760. The van der Waals surface area contributed by atoms with E-state index >= 15 is 0 Å². The van der Waals surface area contributed by atoms with Crippen molar-refractivity contribution < 1.29 is 4.42 Å². The van der Waals surface area contributed by atoms with Gasteiger partial charge in [-0.2, -0.15) is 0 Å². The van der Waals surface area contributed by atoms with Crippen LogP contribution in [0.1, 0.15) is 47.2 Å². The number of nitrogens with zero attached hydrogens (tertiary/aromatic N) is 2. The molecule has 1 aromatic heterocycles. The lowest BCUT2D eigenvalue weighted by Crippen LogP contribution is -2.26. The van der Waals surface area contributed by atoms with Crippen molar-refractivity contribution in [2.45, 2.75) is 24.7 Å². The summed E-state index contributed by atoms with van der Waals surface area (Å²) in [7, 11) is 0. The first-order valence-corrected chi connectivity index (χ1v) is 23.3. The second kappa shape index (κ2) is 14.1. The van der Waals surface area contributed by atoms with Gasteiger partial charge in [-0.3, -0.25) is 0 Å². The fourth-order valence-electron chi connectivity index (χ4n) is 12.1. The van der Waals surface area contributed by atoms with Crippen LogP contribution in [0, 0.1) is 0 Å². The van der Waals surface area contributed by atoms with E-state index in [4.69, 9.17) is 4.42 Å². The number of benzene rings is 10. The van der Waals surface area contributed by atoms with Crippen LogP contribution in [0.25, 0.3) is 55.3 Å². The molecule has 316 valence electrons. The van der Waals surface area contributed by atoms with Crippen molar-refractivity contribution in [3.63, 3.8) is 0 Å². The zero-order chi connectivity index (χ0) is 44.4. The van der Waals surface area contributed by atoms with Crippen LogP contribution in [0.3, 0.4) is 0 Å². The molecule has 1 unspecified atom stereocenters. The van der Waals surface area contributed by atoms with E-state index in [1.54, 1.807) is 0 Å². The molecule has 1 atom stereocenters. The van der Waals surface area contributed by atoms with Crippen LogP contribution >= 0.6 is 0 Å². The predicted molar refractivity (Wildman–Crippen MR) is 277 cm³/mol. The summed E-state index contributed by atoms with van der Waals surface area (Å²) in [5.41, 5.74) is 23.3. The van der Waals surface area contributed by atoms with Crippen molar-refractivity contribution in [1.29, 1.82) is 0 Å². The van der Waals surface area contributed by atoms with Crippen molar-refractivity contribution in [3.8, 4) is 33.4 Å². The van der Waals surface area contributed by atoms with Gasteiger partial charge in [0.05, 0.1) is 5.41 Å². The molecule has 11 aromatic rings. The summed E-state index contributed by atoms with van der Waals surface area (Å²) in [6.45, 7) is 4.73. The Hall–Kier alpha value is -8.40. The van der Waals surface area contributed by atoms with Crippen LogP contribution in [-0.4, -0.2) is 0 Å². The first kappa shape index (κ1) is 37.9. The minimum absolute atomic E-state index is 0.162. The summed E-state index contributed by atoms with van der Waals surface area (Å²) in [6, 6.07) is 85.2. The van der Waals surface area contributed by atoms with Gasteiger partial charge in [0.2, 0.25) is 0 Å². The molecule has 1 heterocycles. The van der Waals surface area contributed by atoms with Gasteiger partial charge in [-0.1, -0.05) is 159 Å². The second-order valence-electron chi connectivity index (χ2n) is 18.8. The van der Waals surface area contributed by atoms with E-state index in [2.05, 4.69) is 248 Å². The molecule has 0 bridgehead atoms. The summed E-state index contributed by atoms with van der Waals surface area (Å²) in [4.78, 5) is 4.86. The molecule has 3 nitrogen and oxygen atoms in total. The number of para-hydroxylation sites is 3. The Labute approximate surface area is 390 Å². The molecular weight excluding hydrogens is 813 g/mol. The molecule has 0 saturated carbocycles. The highest BCUT2D eigenvalue weighted by atomic mass is 16.3. The van der Waals surface area contributed by atoms with E-state index in [1.807, 2.05) is 6.07 Å². The highest BCUT2D eigenvalue weighted by molar-refractivity contribution is 6.07. The average molecular weight is 857 g/mol. The molecule has 3 heteroatoms. The van der Waals surface area contributed by atoms with Gasteiger partial charge >= 0.3 is 0 Å². The second-order valence-corrected chi connectivity index (χ2v) is 18.8. The van der Waals surface area contributed by atoms with Crippen LogP contribution in [0.4, 0.5) is 34.1 Å². The van der Waals surface area contributed by atoms with Crippen molar-refractivity contribution in [2.75, 3.05) is 9.80 Å². The van der Waals surface area contributed by atoms with Crippen LogP contribution < -0.4 is 9.80 Å². The van der Waals surface area contributed by atoms with Gasteiger partial charge < -0.3 is 14.2 Å². The summed E-state index contributed by atoms with van der Waals surface area (Å²) in [5.74, 6) is 0. The summed E-state index contributed by atoms with van der Waals surface area (Å²) < 4.78 is 6.41. The molecule has 1 spiro atoms. The van der Waals surface area contributed by atoms with E-state index < -0.39 is 5.41 Å². The minimum atomic E-state index is -0.582. The molecule has 0 saturated heterocycles. The van der Waals surface area contributed by atoms with Crippen LogP contribution in [0.2, 0.25) is 0 Å². The normalized spacial score (nSPS) is 15.5. The first-order chi connectivity index (χ1) is 33.0. The number of anilines is 6. The average Bonchev–Trinajstić information content (AvgIpc) is 4.06. The number of hydrogen-bond acceptors (Lipinski definition) is 3. The Kier molecular flexibility index (Phi) is 7.95. The third-order valence-electron chi connectivity index (χ3n) is 15.0. The van der Waals surface area contributed by atoms with E-state index in [0.717, 1.165) is 56.1 Å². The Balaban J connectivity index is 1.03. The van der Waals surface area contributed by atoms with Crippen molar-refractivity contribution >= 4 is 56.1 Å². The van der Waals surface area contributed by atoms with Gasteiger partial charge in [-0.25, -0.2) is 0 Å². The Morgan fingerprint density at radius 1 is 0.284 bits per heavy atom. The molecule has 14 rings (SSSR count). The molecule has 10 aromatic carbocycles. The maximum Gasteiger partial charge on any atom is 0.135 e. The van der Waals surface area contributed by atoms with Gasteiger partial charge in [0.25, 0.3) is 0 Å². The smallest absolute Gasteiger partial charge is 0.135 e. The lowest BCUT2D eigenvalue weighted by atomic mass is 9.70. The summed E-state index contributed by atoms with van der Waals surface area (Å²) in [6.07, 6.45) is 0. The van der Waals surface area contributed by atoms with E-state index in [9.17, 15) is 0 Å². The fourth-order valence-corrected chi connectivity index (χ4v) is 12.1. The van der Waals surface area contributed by atoms with Crippen LogP contribution in [-0.2, 0) is 10.8 Å². The molecule has 3 aliphatic carbocycles. The molecule has 0 N–H and O–H groups in total. The van der Waals surface area contributed by atoms with Crippen molar-refractivity contribution in [1.82, 2.24) is 0 Å². The van der Waals surface area contributed by atoms with Gasteiger partial charge in [0.1, 0.15) is 11.2 Å². The fraction of sp³-hybridized carbons (Fsp3) is 0.0625. The summed E-state index contributed by atoms with van der Waals surface area (Å²) >= 11 is 0. The lowest BCUT2D eigenvalue weighted by molar-refractivity contribution is 0.660. The number of rotatable bonds is 6. The van der Waals surface area contributed by atoms with Gasteiger partial charge in [0.15, 0.2) is 0 Å². The van der Waals surface area contributed by atoms with Gasteiger partial charge in [-0.05, 0) is 152 Å². The summed E-state index contributed by atoms with van der Waals surface area (Å²) in [5, 5.41) is 2.22. The molecule has 0 amide bonds. The van der Waals surface area contributed by atoms with E-state index in [1.165, 1.54) is 66.8 Å². The minimum Gasteiger partial charge on any atom is -0.456 e. The predicted octanol–water partition coefficient (Wildman–Crippen LogP) is 17.2. The highest BCUT2D eigenvalue weighted by Gasteiger charge is 2.52.